The van der Waals surface area contributed by atoms with Crippen LogP contribution in [-0.2, 0) is 16.1 Å². The van der Waals surface area contributed by atoms with Crippen LogP contribution in [0, 0.1) is 17.7 Å². The van der Waals surface area contributed by atoms with E-state index in [1.165, 1.54) is 12.1 Å². The van der Waals surface area contributed by atoms with E-state index in [9.17, 15) is 9.18 Å². The minimum absolute atomic E-state index is 0.0691. The van der Waals surface area contributed by atoms with Gasteiger partial charge in [-0.2, -0.15) is 0 Å². The average molecular weight is 222 g/mol. The smallest absolute Gasteiger partial charge is 0.384 e. The third-order valence-electron chi connectivity index (χ3n) is 1.82. The van der Waals surface area contributed by atoms with E-state index in [1.54, 1.807) is 13.0 Å². The van der Waals surface area contributed by atoms with Crippen molar-refractivity contribution in [3.05, 3.63) is 35.1 Å². The van der Waals surface area contributed by atoms with Gasteiger partial charge in [0.05, 0.1) is 18.8 Å². The van der Waals surface area contributed by atoms with Crippen molar-refractivity contribution in [3.8, 4) is 11.8 Å². The minimum Gasteiger partial charge on any atom is -0.456 e. The van der Waals surface area contributed by atoms with E-state index in [0.717, 1.165) is 0 Å². The van der Waals surface area contributed by atoms with Gasteiger partial charge in [-0.1, -0.05) is 18.1 Å². The van der Waals surface area contributed by atoms with E-state index >= 15 is 0 Å². The lowest BCUT2D eigenvalue weighted by molar-refractivity contribution is -0.136. The van der Waals surface area contributed by atoms with Crippen molar-refractivity contribution in [3.63, 3.8) is 0 Å². The van der Waals surface area contributed by atoms with Crippen molar-refractivity contribution in [2.45, 2.75) is 13.5 Å². The number of aliphatic hydroxyl groups excluding tert-OH is 1. The van der Waals surface area contributed by atoms with Gasteiger partial charge in [-0.25, -0.2) is 9.18 Å². The SMILES string of the molecule is CCOC(=O)C#Cc1cccc(CO)c1F. The first-order valence-corrected chi connectivity index (χ1v) is 4.76. The molecule has 0 bridgehead atoms. The monoisotopic (exact) mass is 222 g/mol. The Bertz CT molecular complexity index is 443. The molecule has 1 rings (SSSR count). The average Bonchev–Trinajstić information content (AvgIpc) is 2.28. The van der Waals surface area contributed by atoms with Crippen molar-refractivity contribution in [2.75, 3.05) is 6.61 Å². The highest BCUT2D eigenvalue weighted by Crippen LogP contribution is 2.11. The van der Waals surface area contributed by atoms with Gasteiger partial charge in [-0.15, -0.1) is 0 Å². The maximum absolute atomic E-state index is 13.5. The van der Waals surface area contributed by atoms with Crippen molar-refractivity contribution >= 4 is 5.97 Å². The Balaban J connectivity index is 2.93. The molecule has 0 saturated heterocycles. The Labute approximate surface area is 92.9 Å². The first kappa shape index (κ1) is 12.2. The number of carbonyl (C=O) groups excluding carboxylic acids is 1. The van der Waals surface area contributed by atoms with Gasteiger partial charge in [0.1, 0.15) is 5.82 Å². The molecule has 0 heterocycles. The molecule has 0 aromatic heterocycles. The van der Waals surface area contributed by atoms with Crippen molar-refractivity contribution < 1.29 is 19.0 Å². The number of esters is 1. The predicted octanol–water partition coefficient (Wildman–Crippen LogP) is 1.23. The summed E-state index contributed by atoms with van der Waals surface area (Å²) in [5.74, 6) is 3.21. The van der Waals surface area contributed by atoms with E-state index < -0.39 is 18.4 Å². The van der Waals surface area contributed by atoms with E-state index in [-0.39, 0.29) is 17.7 Å². The van der Waals surface area contributed by atoms with Crippen LogP contribution in [0.1, 0.15) is 18.1 Å². The van der Waals surface area contributed by atoms with Crippen LogP contribution in [0.2, 0.25) is 0 Å². The fourth-order valence-electron chi connectivity index (χ4n) is 1.08. The molecule has 1 aromatic rings. The summed E-state index contributed by atoms with van der Waals surface area (Å²) in [6.45, 7) is 1.49. The van der Waals surface area contributed by atoms with Crippen LogP contribution in [0.3, 0.4) is 0 Å². The van der Waals surface area contributed by atoms with Gasteiger partial charge in [0.25, 0.3) is 0 Å². The lowest BCUT2D eigenvalue weighted by atomic mass is 10.1. The molecule has 0 aliphatic rings. The molecule has 1 aromatic carbocycles. The number of halogens is 1. The van der Waals surface area contributed by atoms with Crippen LogP contribution < -0.4 is 0 Å². The minimum atomic E-state index is -0.698. The number of benzene rings is 1. The summed E-state index contributed by atoms with van der Waals surface area (Å²) in [5.41, 5.74) is 0.218. The Morgan fingerprint density at radius 3 is 2.94 bits per heavy atom. The topological polar surface area (TPSA) is 46.5 Å². The second-order valence-corrected chi connectivity index (χ2v) is 2.91. The van der Waals surface area contributed by atoms with Crippen LogP contribution in [-0.4, -0.2) is 17.7 Å². The zero-order chi connectivity index (χ0) is 12.0. The summed E-state index contributed by atoms with van der Waals surface area (Å²) >= 11 is 0. The summed E-state index contributed by atoms with van der Waals surface area (Å²) < 4.78 is 18.1. The molecular formula is C12H11FO3. The van der Waals surface area contributed by atoms with Crippen LogP contribution in [0.5, 0.6) is 0 Å². The molecule has 0 spiro atoms. The number of ether oxygens (including phenoxy) is 1. The Morgan fingerprint density at radius 2 is 2.31 bits per heavy atom. The van der Waals surface area contributed by atoms with Crippen LogP contribution in [0.4, 0.5) is 4.39 Å². The molecule has 0 aliphatic heterocycles. The highest BCUT2D eigenvalue weighted by molar-refractivity contribution is 5.89. The molecule has 0 aliphatic carbocycles. The number of rotatable bonds is 2. The molecule has 84 valence electrons. The van der Waals surface area contributed by atoms with Gasteiger partial charge in [-0.05, 0) is 13.0 Å². The Morgan fingerprint density at radius 1 is 1.56 bits per heavy atom. The summed E-state index contributed by atoms with van der Waals surface area (Å²) in [5, 5.41) is 8.82. The quantitative estimate of drug-likeness (QED) is 0.604. The number of hydrogen-bond donors (Lipinski definition) is 1. The fourth-order valence-corrected chi connectivity index (χ4v) is 1.08. The van der Waals surface area contributed by atoms with Crippen LogP contribution >= 0.6 is 0 Å². The van der Waals surface area contributed by atoms with E-state index in [4.69, 9.17) is 5.11 Å². The number of aliphatic hydroxyl groups is 1. The van der Waals surface area contributed by atoms with Gasteiger partial charge >= 0.3 is 5.97 Å². The maximum atomic E-state index is 13.5. The number of carbonyl (C=O) groups is 1. The molecule has 0 atom stereocenters. The Kier molecular flexibility index (Phi) is 4.49. The number of hydrogen-bond acceptors (Lipinski definition) is 3. The van der Waals surface area contributed by atoms with Gasteiger partial charge in [0.15, 0.2) is 0 Å². The molecule has 4 heteroatoms. The lowest BCUT2D eigenvalue weighted by Gasteiger charge is -1.99. The van der Waals surface area contributed by atoms with Gasteiger partial charge < -0.3 is 9.84 Å². The van der Waals surface area contributed by atoms with Gasteiger partial charge in [-0.3, -0.25) is 0 Å². The van der Waals surface area contributed by atoms with Crippen molar-refractivity contribution in [1.29, 1.82) is 0 Å². The second kappa shape index (κ2) is 5.89. The maximum Gasteiger partial charge on any atom is 0.384 e. The zero-order valence-corrected chi connectivity index (χ0v) is 8.79. The highest BCUT2D eigenvalue weighted by atomic mass is 19.1. The normalized spacial score (nSPS) is 9.19. The molecule has 1 N–H and O–H groups in total. The van der Waals surface area contributed by atoms with E-state index in [1.807, 2.05) is 0 Å². The molecule has 0 unspecified atom stereocenters. The Hall–Kier alpha value is -1.86. The molecule has 0 amide bonds. The molecule has 0 fully saturated rings. The third-order valence-corrected chi connectivity index (χ3v) is 1.82. The van der Waals surface area contributed by atoms with E-state index in [2.05, 4.69) is 16.6 Å². The van der Waals surface area contributed by atoms with Crippen molar-refractivity contribution in [2.24, 2.45) is 0 Å². The second-order valence-electron chi connectivity index (χ2n) is 2.91. The molecule has 3 nitrogen and oxygen atoms in total. The summed E-state index contributed by atoms with van der Waals surface area (Å²) in [7, 11) is 0. The molecule has 0 saturated carbocycles. The highest BCUT2D eigenvalue weighted by Gasteiger charge is 2.04. The third kappa shape index (κ3) is 3.07. The first-order valence-electron chi connectivity index (χ1n) is 4.76. The fraction of sp³-hybridized carbons (Fsp3) is 0.250. The van der Waals surface area contributed by atoms with Crippen LogP contribution in [0.25, 0.3) is 0 Å². The summed E-state index contributed by atoms with van der Waals surface area (Å²) in [6.07, 6.45) is 0. The summed E-state index contributed by atoms with van der Waals surface area (Å²) in [6, 6.07) is 4.44. The molecular weight excluding hydrogens is 211 g/mol. The zero-order valence-electron chi connectivity index (χ0n) is 8.79. The largest absolute Gasteiger partial charge is 0.456 e. The predicted molar refractivity (Wildman–Crippen MR) is 55.8 cm³/mol. The van der Waals surface area contributed by atoms with Crippen molar-refractivity contribution in [1.82, 2.24) is 0 Å². The van der Waals surface area contributed by atoms with E-state index in [0.29, 0.717) is 0 Å². The van der Waals surface area contributed by atoms with Gasteiger partial charge in [0, 0.05) is 11.5 Å². The molecule has 0 radical (unpaired) electrons. The lowest BCUT2D eigenvalue weighted by Crippen LogP contribution is -2.00. The van der Waals surface area contributed by atoms with Gasteiger partial charge in [0.2, 0.25) is 0 Å². The first-order chi connectivity index (χ1) is 7.69. The summed E-state index contributed by atoms with van der Waals surface area (Å²) in [4.78, 5) is 10.9. The standard InChI is InChI=1S/C12H11FO3/c1-2-16-11(15)7-6-9-4-3-5-10(8-14)12(9)13/h3-5,14H,2,8H2,1H3. The van der Waals surface area contributed by atoms with Crippen LogP contribution in [0.15, 0.2) is 18.2 Å². The molecule has 16 heavy (non-hydrogen) atoms.